The number of rotatable bonds is 7. The number of nitrogens with zero attached hydrogens (tertiary/aromatic N) is 1. The zero-order valence-electron chi connectivity index (χ0n) is 18.4. The number of fused-ring (bicyclic) bond motifs is 1. The van der Waals surface area contributed by atoms with Crippen LogP contribution >= 0.6 is 0 Å². The predicted molar refractivity (Wildman–Crippen MR) is 130 cm³/mol. The summed E-state index contributed by atoms with van der Waals surface area (Å²) in [6.07, 6.45) is 0. The van der Waals surface area contributed by atoms with Gasteiger partial charge >= 0.3 is 0 Å². The molecule has 168 valence electrons. The van der Waals surface area contributed by atoms with Crippen molar-refractivity contribution in [3.8, 4) is 5.75 Å². The lowest BCUT2D eigenvalue weighted by molar-refractivity contribution is 0.102. The molecule has 0 bridgehead atoms. The SMILES string of the molecule is COc1ccc(C(=O)Nc2cccc3ccccc23)cc1S(=O)(=O)N(C)Cc1ccccc1. The number of ether oxygens (including phenoxy) is 1. The standard InChI is InChI=1S/C26H24N2O4S/c1-28(18-19-9-4-3-5-10-19)33(30,31)25-17-21(15-16-24(25)32-2)26(29)27-23-14-8-12-20-11-6-7-13-22(20)23/h3-17H,18H2,1-2H3,(H,27,29). The van der Waals surface area contributed by atoms with Crippen molar-refractivity contribution in [3.63, 3.8) is 0 Å². The van der Waals surface area contributed by atoms with Crippen molar-refractivity contribution in [1.29, 1.82) is 0 Å². The Morgan fingerprint density at radius 1 is 0.909 bits per heavy atom. The third kappa shape index (κ3) is 4.74. The minimum atomic E-state index is -3.92. The van der Waals surface area contributed by atoms with Gasteiger partial charge in [-0.25, -0.2) is 8.42 Å². The number of anilines is 1. The molecule has 6 nitrogen and oxygen atoms in total. The van der Waals surface area contributed by atoms with Gasteiger partial charge < -0.3 is 10.1 Å². The second-order valence-electron chi connectivity index (χ2n) is 7.59. The van der Waals surface area contributed by atoms with Crippen LogP contribution < -0.4 is 10.1 Å². The Hall–Kier alpha value is -3.68. The van der Waals surface area contributed by atoms with Crippen LogP contribution in [0.15, 0.2) is 95.9 Å². The zero-order valence-corrected chi connectivity index (χ0v) is 19.2. The van der Waals surface area contributed by atoms with Crippen LogP contribution in [0.25, 0.3) is 10.8 Å². The van der Waals surface area contributed by atoms with Crippen LogP contribution in [0.2, 0.25) is 0 Å². The van der Waals surface area contributed by atoms with E-state index in [-0.39, 0.29) is 22.8 Å². The first-order chi connectivity index (χ1) is 15.9. The molecule has 4 rings (SSSR count). The molecule has 0 saturated carbocycles. The number of carbonyl (C=O) groups excluding carboxylic acids is 1. The number of carbonyl (C=O) groups is 1. The van der Waals surface area contributed by atoms with E-state index in [1.807, 2.05) is 72.8 Å². The number of nitrogens with one attached hydrogen (secondary N) is 1. The molecular formula is C26H24N2O4S. The summed E-state index contributed by atoms with van der Waals surface area (Å²) in [7, 11) is -1.01. The molecule has 0 aromatic heterocycles. The molecule has 0 aliphatic heterocycles. The van der Waals surface area contributed by atoms with Crippen LogP contribution in [-0.2, 0) is 16.6 Å². The van der Waals surface area contributed by atoms with E-state index in [0.29, 0.717) is 5.69 Å². The molecule has 0 aliphatic rings. The van der Waals surface area contributed by atoms with Gasteiger partial charge in [0, 0.05) is 30.2 Å². The van der Waals surface area contributed by atoms with Gasteiger partial charge in [0.15, 0.2) is 0 Å². The zero-order chi connectivity index (χ0) is 23.4. The van der Waals surface area contributed by atoms with Crippen molar-refractivity contribution >= 4 is 32.4 Å². The van der Waals surface area contributed by atoms with E-state index < -0.39 is 15.9 Å². The Morgan fingerprint density at radius 2 is 1.61 bits per heavy atom. The molecule has 0 fully saturated rings. The molecule has 0 unspecified atom stereocenters. The molecule has 1 amide bonds. The summed E-state index contributed by atoms with van der Waals surface area (Å²) in [6.45, 7) is 0.193. The maximum Gasteiger partial charge on any atom is 0.255 e. The van der Waals surface area contributed by atoms with Gasteiger partial charge in [-0.05, 0) is 35.2 Å². The van der Waals surface area contributed by atoms with Gasteiger partial charge in [-0.3, -0.25) is 4.79 Å². The minimum Gasteiger partial charge on any atom is -0.495 e. The summed E-state index contributed by atoms with van der Waals surface area (Å²) in [5.41, 5.74) is 1.72. The highest BCUT2D eigenvalue weighted by atomic mass is 32.2. The Kier molecular flexibility index (Phi) is 6.44. The Morgan fingerprint density at radius 3 is 2.36 bits per heavy atom. The van der Waals surface area contributed by atoms with E-state index in [9.17, 15) is 13.2 Å². The monoisotopic (exact) mass is 460 g/mol. The van der Waals surface area contributed by atoms with E-state index in [4.69, 9.17) is 4.74 Å². The fourth-order valence-corrected chi connectivity index (χ4v) is 4.98. The number of methoxy groups -OCH3 is 1. The molecular weight excluding hydrogens is 436 g/mol. The van der Waals surface area contributed by atoms with E-state index >= 15 is 0 Å². The van der Waals surface area contributed by atoms with Crippen molar-refractivity contribution in [2.24, 2.45) is 0 Å². The van der Waals surface area contributed by atoms with Crippen LogP contribution in [0.3, 0.4) is 0 Å². The molecule has 1 N–H and O–H groups in total. The van der Waals surface area contributed by atoms with Crippen LogP contribution in [-0.4, -0.2) is 32.8 Å². The maximum absolute atomic E-state index is 13.3. The largest absolute Gasteiger partial charge is 0.495 e. The Labute approximate surface area is 193 Å². The predicted octanol–water partition coefficient (Wildman–Crippen LogP) is 4.92. The summed E-state index contributed by atoms with van der Waals surface area (Å²) in [6, 6.07) is 27.1. The van der Waals surface area contributed by atoms with Crippen molar-refractivity contribution in [1.82, 2.24) is 4.31 Å². The molecule has 0 saturated heterocycles. The van der Waals surface area contributed by atoms with Gasteiger partial charge in [0.25, 0.3) is 5.91 Å². The van der Waals surface area contributed by atoms with Gasteiger partial charge in [0.05, 0.1) is 7.11 Å². The van der Waals surface area contributed by atoms with Crippen molar-refractivity contribution < 1.29 is 17.9 Å². The quantitative estimate of drug-likeness (QED) is 0.425. The van der Waals surface area contributed by atoms with Gasteiger partial charge in [-0.15, -0.1) is 0 Å². The topological polar surface area (TPSA) is 75.7 Å². The first-order valence-corrected chi connectivity index (χ1v) is 11.8. The minimum absolute atomic E-state index is 0.0611. The number of hydrogen-bond acceptors (Lipinski definition) is 4. The molecule has 0 aliphatic carbocycles. The number of hydrogen-bond donors (Lipinski definition) is 1. The van der Waals surface area contributed by atoms with Crippen LogP contribution in [0.4, 0.5) is 5.69 Å². The lowest BCUT2D eigenvalue weighted by Crippen LogP contribution is -2.27. The second-order valence-corrected chi connectivity index (χ2v) is 9.61. The summed E-state index contributed by atoms with van der Waals surface area (Å²) in [4.78, 5) is 13.0. The summed E-state index contributed by atoms with van der Waals surface area (Å²) < 4.78 is 33.2. The van der Waals surface area contributed by atoms with Crippen molar-refractivity contribution in [2.45, 2.75) is 11.4 Å². The third-order valence-corrected chi connectivity index (χ3v) is 7.22. The molecule has 0 radical (unpaired) electrons. The molecule has 0 atom stereocenters. The Bertz CT molecular complexity index is 1400. The van der Waals surface area contributed by atoms with E-state index in [0.717, 1.165) is 16.3 Å². The van der Waals surface area contributed by atoms with Crippen LogP contribution in [0.1, 0.15) is 15.9 Å². The van der Waals surface area contributed by atoms with Crippen LogP contribution in [0, 0.1) is 0 Å². The van der Waals surface area contributed by atoms with E-state index in [1.165, 1.54) is 30.6 Å². The average molecular weight is 461 g/mol. The molecule has 4 aromatic carbocycles. The fourth-order valence-electron chi connectivity index (χ4n) is 3.64. The molecule has 7 heteroatoms. The number of amides is 1. The summed E-state index contributed by atoms with van der Waals surface area (Å²) in [5.74, 6) is -0.229. The Balaban J connectivity index is 1.65. The first kappa shape index (κ1) is 22.5. The highest BCUT2D eigenvalue weighted by Crippen LogP contribution is 2.29. The number of benzene rings is 4. The van der Waals surface area contributed by atoms with Gasteiger partial charge in [0.1, 0.15) is 10.6 Å². The average Bonchev–Trinajstić information content (AvgIpc) is 2.84. The maximum atomic E-state index is 13.3. The molecule has 4 aromatic rings. The highest BCUT2D eigenvalue weighted by Gasteiger charge is 2.26. The molecule has 0 heterocycles. The van der Waals surface area contributed by atoms with Crippen LogP contribution in [0.5, 0.6) is 5.75 Å². The summed E-state index contributed by atoms with van der Waals surface area (Å²) in [5, 5.41) is 4.79. The van der Waals surface area contributed by atoms with Crippen molar-refractivity contribution in [3.05, 3.63) is 102 Å². The molecule has 0 spiro atoms. The lowest BCUT2D eigenvalue weighted by Gasteiger charge is -2.19. The summed E-state index contributed by atoms with van der Waals surface area (Å²) >= 11 is 0. The second kappa shape index (κ2) is 9.44. The van der Waals surface area contributed by atoms with Gasteiger partial charge in [0.2, 0.25) is 10.0 Å². The fraction of sp³-hybridized carbons (Fsp3) is 0.115. The molecule has 33 heavy (non-hydrogen) atoms. The van der Waals surface area contributed by atoms with E-state index in [2.05, 4.69) is 5.32 Å². The smallest absolute Gasteiger partial charge is 0.255 e. The third-order valence-electron chi connectivity index (χ3n) is 5.40. The van der Waals surface area contributed by atoms with Gasteiger partial charge in [-0.1, -0.05) is 66.7 Å². The number of sulfonamides is 1. The van der Waals surface area contributed by atoms with Crippen molar-refractivity contribution in [2.75, 3.05) is 19.5 Å². The van der Waals surface area contributed by atoms with Gasteiger partial charge in [-0.2, -0.15) is 4.31 Å². The lowest BCUT2D eigenvalue weighted by atomic mass is 10.1. The highest BCUT2D eigenvalue weighted by molar-refractivity contribution is 7.89. The normalized spacial score (nSPS) is 11.5. The van der Waals surface area contributed by atoms with E-state index in [1.54, 1.807) is 6.07 Å². The first-order valence-electron chi connectivity index (χ1n) is 10.4.